The highest BCUT2D eigenvalue weighted by Crippen LogP contribution is 2.19. The Hall–Kier alpha value is -3.28. The van der Waals surface area contributed by atoms with Crippen LogP contribution >= 0.6 is 0 Å². The summed E-state index contributed by atoms with van der Waals surface area (Å²) in [5.74, 6) is 1.06. The Morgan fingerprint density at radius 2 is 1.70 bits per heavy atom. The number of nitrogens with zero attached hydrogens (tertiary/aromatic N) is 4. The van der Waals surface area contributed by atoms with E-state index in [4.69, 9.17) is 0 Å². The summed E-state index contributed by atoms with van der Waals surface area (Å²) in [5, 5.41) is 3.29. The zero-order valence-corrected chi connectivity index (χ0v) is 15.6. The minimum atomic E-state index is -0.0912. The van der Waals surface area contributed by atoms with Crippen molar-refractivity contribution in [3.05, 3.63) is 72.2 Å². The zero-order chi connectivity index (χ0) is 19.1. The first kappa shape index (κ1) is 18.5. The van der Waals surface area contributed by atoms with E-state index in [1.165, 1.54) is 0 Å². The third kappa shape index (κ3) is 4.67. The first-order chi connectivity index (χ1) is 13.2. The van der Waals surface area contributed by atoms with Crippen LogP contribution in [0.5, 0.6) is 0 Å². The van der Waals surface area contributed by atoms with Crippen molar-refractivity contribution in [2.75, 3.05) is 18.4 Å². The highest BCUT2D eigenvalue weighted by Gasteiger charge is 2.17. The second-order valence-corrected chi connectivity index (χ2v) is 6.01. The Bertz CT molecular complexity index is 880. The highest BCUT2D eigenvalue weighted by atomic mass is 16.2. The molecule has 6 nitrogen and oxygen atoms in total. The smallest absolute Gasteiger partial charge is 0.272 e. The summed E-state index contributed by atoms with van der Waals surface area (Å²) in [5.41, 5.74) is 2.35. The molecule has 138 valence electrons. The molecule has 0 saturated carbocycles. The summed E-state index contributed by atoms with van der Waals surface area (Å²) in [4.78, 5) is 27.7. The SMILES string of the molecule is CCN(CC)C(=O)c1cc(NCc2ccncc2)nc(-c2ccccc2)n1. The predicted molar refractivity (Wildman–Crippen MR) is 106 cm³/mol. The molecule has 0 fully saturated rings. The van der Waals surface area contributed by atoms with E-state index >= 15 is 0 Å². The number of carbonyl (C=O) groups excluding carboxylic acids is 1. The van der Waals surface area contributed by atoms with Crippen LogP contribution in [0.4, 0.5) is 5.82 Å². The van der Waals surface area contributed by atoms with Crippen LogP contribution in [-0.4, -0.2) is 38.8 Å². The lowest BCUT2D eigenvalue weighted by atomic mass is 10.2. The average Bonchev–Trinajstić information content (AvgIpc) is 2.74. The first-order valence-electron chi connectivity index (χ1n) is 9.07. The molecule has 6 heteroatoms. The predicted octanol–water partition coefficient (Wildman–Crippen LogP) is 3.63. The minimum Gasteiger partial charge on any atom is -0.366 e. The molecule has 3 aromatic rings. The van der Waals surface area contributed by atoms with Crippen LogP contribution in [0.15, 0.2) is 60.9 Å². The monoisotopic (exact) mass is 361 g/mol. The third-order valence-electron chi connectivity index (χ3n) is 4.25. The Morgan fingerprint density at radius 1 is 1.00 bits per heavy atom. The number of aromatic nitrogens is 3. The molecule has 3 rings (SSSR count). The molecular formula is C21H23N5O. The summed E-state index contributed by atoms with van der Waals surface area (Å²) in [7, 11) is 0. The maximum absolute atomic E-state index is 12.8. The average molecular weight is 361 g/mol. The number of anilines is 1. The summed E-state index contributed by atoms with van der Waals surface area (Å²) in [6, 6.07) is 15.3. The van der Waals surface area contributed by atoms with E-state index in [-0.39, 0.29) is 5.91 Å². The quantitative estimate of drug-likeness (QED) is 0.696. The van der Waals surface area contributed by atoms with Crippen molar-refractivity contribution in [2.45, 2.75) is 20.4 Å². The molecular weight excluding hydrogens is 338 g/mol. The Labute approximate surface area is 159 Å². The van der Waals surface area contributed by atoms with E-state index in [9.17, 15) is 4.79 Å². The van der Waals surface area contributed by atoms with Crippen LogP contribution in [-0.2, 0) is 6.54 Å². The normalized spacial score (nSPS) is 10.4. The Balaban J connectivity index is 1.94. The van der Waals surface area contributed by atoms with Gasteiger partial charge in [-0.3, -0.25) is 9.78 Å². The number of rotatable bonds is 7. The maximum atomic E-state index is 12.8. The van der Waals surface area contributed by atoms with Gasteiger partial charge in [-0.2, -0.15) is 0 Å². The van der Waals surface area contributed by atoms with Gasteiger partial charge in [-0.1, -0.05) is 30.3 Å². The van der Waals surface area contributed by atoms with Crippen molar-refractivity contribution >= 4 is 11.7 Å². The standard InChI is InChI=1S/C21H23N5O/c1-3-26(4-2)21(27)18-14-19(23-15-16-10-12-22-13-11-16)25-20(24-18)17-8-6-5-7-9-17/h5-14H,3-4,15H2,1-2H3,(H,23,24,25). The Morgan fingerprint density at radius 3 is 2.37 bits per heavy atom. The van der Waals surface area contributed by atoms with Crippen molar-refractivity contribution in [1.29, 1.82) is 0 Å². The number of hydrogen-bond donors (Lipinski definition) is 1. The molecule has 2 aromatic heterocycles. The maximum Gasteiger partial charge on any atom is 0.272 e. The van der Waals surface area contributed by atoms with Crippen LogP contribution in [0.1, 0.15) is 29.9 Å². The van der Waals surface area contributed by atoms with Gasteiger partial charge >= 0.3 is 0 Å². The van der Waals surface area contributed by atoms with Crippen LogP contribution in [0.3, 0.4) is 0 Å². The number of hydrogen-bond acceptors (Lipinski definition) is 5. The van der Waals surface area contributed by atoms with E-state index < -0.39 is 0 Å². The van der Waals surface area contributed by atoms with E-state index in [1.807, 2.05) is 56.3 Å². The largest absolute Gasteiger partial charge is 0.366 e. The molecule has 27 heavy (non-hydrogen) atoms. The second kappa shape index (κ2) is 8.89. The van der Waals surface area contributed by atoms with Gasteiger partial charge in [-0.25, -0.2) is 9.97 Å². The van der Waals surface area contributed by atoms with Gasteiger partial charge in [0.25, 0.3) is 5.91 Å². The molecule has 1 aromatic carbocycles. The van der Waals surface area contributed by atoms with E-state index in [1.54, 1.807) is 23.4 Å². The lowest BCUT2D eigenvalue weighted by Crippen LogP contribution is -2.31. The first-order valence-corrected chi connectivity index (χ1v) is 9.07. The highest BCUT2D eigenvalue weighted by molar-refractivity contribution is 5.93. The molecule has 0 bridgehead atoms. The van der Waals surface area contributed by atoms with Crippen molar-refractivity contribution in [3.8, 4) is 11.4 Å². The van der Waals surface area contributed by atoms with Crippen molar-refractivity contribution < 1.29 is 4.79 Å². The van der Waals surface area contributed by atoms with Gasteiger partial charge in [0, 0.05) is 43.7 Å². The summed E-state index contributed by atoms with van der Waals surface area (Å²) >= 11 is 0. The second-order valence-electron chi connectivity index (χ2n) is 6.01. The minimum absolute atomic E-state index is 0.0912. The van der Waals surface area contributed by atoms with Gasteiger partial charge in [-0.15, -0.1) is 0 Å². The molecule has 0 radical (unpaired) electrons. The van der Waals surface area contributed by atoms with E-state index in [0.29, 0.717) is 37.0 Å². The fourth-order valence-corrected chi connectivity index (χ4v) is 2.73. The number of amides is 1. The number of carbonyl (C=O) groups is 1. The molecule has 0 aliphatic rings. The summed E-state index contributed by atoms with van der Waals surface area (Å²) < 4.78 is 0. The van der Waals surface area contributed by atoms with Gasteiger partial charge in [0.2, 0.25) is 0 Å². The topological polar surface area (TPSA) is 71.0 Å². The Kier molecular flexibility index (Phi) is 6.10. The van der Waals surface area contributed by atoms with Gasteiger partial charge in [0.15, 0.2) is 5.82 Å². The fourth-order valence-electron chi connectivity index (χ4n) is 2.73. The van der Waals surface area contributed by atoms with Gasteiger partial charge in [0.05, 0.1) is 0 Å². The van der Waals surface area contributed by atoms with Crippen molar-refractivity contribution in [3.63, 3.8) is 0 Å². The molecule has 0 unspecified atom stereocenters. The van der Waals surface area contributed by atoms with Crippen LogP contribution in [0.25, 0.3) is 11.4 Å². The number of pyridine rings is 1. The summed E-state index contributed by atoms with van der Waals surface area (Å²) in [6.45, 7) is 5.79. The molecule has 1 N–H and O–H groups in total. The molecule has 0 aliphatic heterocycles. The lowest BCUT2D eigenvalue weighted by molar-refractivity contribution is 0.0767. The molecule has 0 spiro atoms. The zero-order valence-electron chi connectivity index (χ0n) is 15.6. The van der Waals surface area contributed by atoms with Crippen LogP contribution in [0, 0.1) is 0 Å². The van der Waals surface area contributed by atoms with Gasteiger partial charge < -0.3 is 10.2 Å². The van der Waals surface area contributed by atoms with E-state index in [0.717, 1.165) is 11.1 Å². The molecule has 2 heterocycles. The molecule has 0 aliphatic carbocycles. The molecule has 1 amide bonds. The van der Waals surface area contributed by atoms with Gasteiger partial charge in [0.1, 0.15) is 11.5 Å². The van der Waals surface area contributed by atoms with Gasteiger partial charge in [-0.05, 0) is 31.5 Å². The third-order valence-corrected chi connectivity index (χ3v) is 4.25. The number of benzene rings is 1. The van der Waals surface area contributed by atoms with E-state index in [2.05, 4.69) is 20.3 Å². The lowest BCUT2D eigenvalue weighted by Gasteiger charge is -2.19. The molecule has 0 saturated heterocycles. The van der Waals surface area contributed by atoms with Crippen LogP contribution in [0.2, 0.25) is 0 Å². The fraction of sp³-hybridized carbons (Fsp3) is 0.238. The summed E-state index contributed by atoms with van der Waals surface area (Å²) in [6.07, 6.45) is 3.50. The van der Waals surface area contributed by atoms with Crippen molar-refractivity contribution in [2.24, 2.45) is 0 Å². The van der Waals surface area contributed by atoms with Crippen molar-refractivity contribution in [1.82, 2.24) is 19.9 Å². The molecule has 0 atom stereocenters. The van der Waals surface area contributed by atoms with Crippen LogP contribution < -0.4 is 5.32 Å². The number of nitrogens with one attached hydrogen (secondary N) is 1.